The number of carbonyl (C=O) groups is 1. The van der Waals surface area contributed by atoms with Gasteiger partial charge in [0.15, 0.2) is 0 Å². The predicted octanol–water partition coefficient (Wildman–Crippen LogP) is 2.06. The molecule has 1 aromatic heterocycles. The minimum Gasteiger partial charge on any atom is -0.475 e. The number of carbonyl (C=O) groups excluding carboxylic acids is 1. The van der Waals surface area contributed by atoms with Crippen LogP contribution < -0.4 is 4.74 Å². The van der Waals surface area contributed by atoms with Gasteiger partial charge in [-0.2, -0.15) is 0 Å². The number of aromatic nitrogens is 2. The maximum absolute atomic E-state index is 11.7. The van der Waals surface area contributed by atoms with Gasteiger partial charge >= 0.3 is 0 Å². The molecule has 1 N–H and O–H groups in total. The molecule has 1 aliphatic rings. The van der Waals surface area contributed by atoms with Crippen molar-refractivity contribution in [3.8, 4) is 11.6 Å². The van der Waals surface area contributed by atoms with Gasteiger partial charge in [0.2, 0.25) is 11.8 Å². The molecule has 0 saturated carbocycles. The fourth-order valence-electron chi connectivity index (χ4n) is 3.34. The molecular weight excluding hydrogens is 358 g/mol. The average molecular weight is 381 g/mol. The highest BCUT2D eigenvalue weighted by Crippen LogP contribution is 2.22. The fourth-order valence-corrected chi connectivity index (χ4v) is 3.34. The summed E-state index contributed by atoms with van der Waals surface area (Å²) in [6, 6.07) is 13.9. The van der Waals surface area contributed by atoms with Gasteiger partial charge in [0.1, 0.15) is 13.2 Å². The number of hydrogen-bond donors (Lipinski definition) is 1. The molecule has 7 heteroatoms. The van der Waals surface area contributed by atoms with E-state index >= 15 is 0 Å². The van der Waals surface area contributed by atoms with Gasteiger partial charge in [-0.05, 0) is 41.5 Å². The van der Waals surface area contributed by atoms with Crippen molar-refractivity contribution in [1.82, 2.24) is 14.7 Å². The molecule has 1 fully saturated rings. The first-order valence-corrected chi connectivity index (χ1v) is 9.33. The third-order valence-corrected chi connectivity index (χ3v) is 4.88. The first kappa shape index (κ1) is 18.5. The zero-order valence-corrected chi connectivity index (χ0v) is 15.8. The van der Waals surface area contributed by atoms with Crippen molar-refractivity contribution in [2.75, 3.05) is 32.9 Å². The number of nitrogens with zero attached hydrogens (tertiary/aromatic N) is 3. The number of hydrogen-bond acceptors (Lipinski definition) is 5. The van der Waals surface area contributed by atoms with Gasteiger partial charge in [0.25, 0.3) is 0 Å². The van der Waals surface area contributed by atoms with E-state index in [2.05, 4.69) is 11.2 Å². The molecule has 28 heavy (non-hydrogen) atoms. The molecule has 3 aromatic rings. The van der Waals surface area contributed by atoms with Gasteiger partial charge in [0.05, 0.1) is 25.4 Å². The number of aliphatic hydroxyl groups is 1. The normalized spacial score (nSPS) is 14.6. The predicted molar refractivity (Wildman–Crippen MR) is 105 cm³/mol. The van der Waals surface area contributed by atoms with Crippen LogP contribution >= 0.6 is 0 Å². The molecule has 0 unspecified atom stereocenters. The molecule has 1 aliphatic heterocycles. The lowest BCUT2D eigenvalue weighted by Crippen LogP contribution is -2.43. The van der Waals surface area contributed by atoms with Crippen LogP contribution in [0.1, 0.15) is 11.3 Å². The molecule has 2 heterocycles. The molecule has 146 valence electrons. The Bertz CT molecular complexity index is 998. The second-order valence-electron chi connectivity index (χ2n) is 6.84. The number of ether oxygens (including phenoxy) is 2. The Labute approximate surface area is 163 Å². The second kappa shape index (κ2) is 8.00. The van der Waals surface area contributed by atoms with Crippen LogP contribution in [0.4, 0.5) is 0 Å². The molecule has 0 bridgehead atoms. The van der Waals surface area contributed by atoms with Crippen LogP contribution in [0.5, 0.6) is 5.88 Å². The van der Waals surface area contributed by atoms with Gasteiger partial charge in [-0.3, -0.25) is 4.79 Å². The van der Waals surface area contributed by atoms with Crippen LogP contribution in [0.3, 0.4) is 0 Å². The van der Waals surface area contributed by atoms with E-state index in [1.54, 1.807) is 4.90 Å². The molecule has 1 saturated heterocycles. The maximum Gasteiger partial charge on any atom is 0.248 e. The number of aryl methyl sites for hydroxylation is 1. The van der Waals surface area contributed by atoms with E-state index in [4.69, 9.17) is 9.47 Å². The summed E-state index contributed by atoms with van der Waals surface area (Å²) in [5.74, 6) is 0.533. The van der Waals surface area contributed by atoms with Crippen molar-refractivity contribution >= 4 is 16.7 Å². The molecule has 0 spiro atoms. The second-order valence-corrected chi connectivity index (χ2v) is 6.84. The van der Waals surface area contributed by atoms with Crippen molar-refractivity contribution in [3.05, 3.63) is 53.7 Å². The zero-order valence-electron chi connectivity index (χ0n) is 15.8. The first-order chi connectivity index (χ1) is 13.6. The van der Waals surface area contributed by atoms with Crippen LogP contribution in [0.15, 0.2) is 42.5 Å². The summed E-state index contributed by atoms with van der Waals surface area (Å²) in [4.78, 5) is 13.5. The maximum atomic E-state index is 11.7. The zero-order chi connectivity index (χ0) is 19.5. The van der Waals surface area contributed by atoms with Crippen LogP contribution in [-0.2, 0) is 16.1 Å². The Balaban J connectivity index is 1.46. The highest BCUT2D eigenvalue weighted by atomic mass is 16.5. The summed E-state index contributed by atoms with van der Waals surface area (Å²) in [5, 5.41) is 16.0. The van der Waals surface area contributed by atoms with Gasteiger partial charge < -0.3 is 19.5 Å². The Morgan fingerprint density at radius 3 is 2.82 bits per heavy atom. The molecule has 0 aliphatic carbocycles. The number of benzene rings is 2. The number of fused-ring (bicyclic) bond motifs is 1. The summed E-state index contributed by atoms with van der Waals surface area (Å²) in [7, 11) is 0. The number of morpholine rings is 1. The average Bonchev–Trinajstić information content (AvgIpc) is 3.09. The first-order valence-electron chi connectivity index (χ1n) is 9.33. The standard InChI is InChI=1S/C21H23N3O4/c1-15-10-20(28-9-7-23-6-8-27-14-21(23)26)22-24(15)19-5-4-17-11-16(13-25)2-3-18(17)12-19/h2-5,10-12,25H,6-9,13-14H2,1H3. The monoisotopic (exact) mass is 381 g/mol. The summed E-state index contributed by atoms with van der Waals surface area (Å²) in [6.45, 7) is 4.25. The Morgan fingerprint density at radius 1 is 1.18 bits per heavy atom. The van der Waals surface area contributed by atoms with Gasteiger partial charge in [-0.25, -0.2) is 4.68 Å². The van der Waals surface area contributed by atoms with E-state index in [1.807, 2.05) is 48.0 Å². The van der Waals surface area contributed by atoms with E-state index in [0.29, 0.717) is 32.2 Å². The molecule has 1 amide bonds. The van der Waals surface area contributed by atoms with Crippen molar-refractivity contribution in [3.63, 3.8) is 0 Å². The van der Waals surface area contributed by atoms with Gasteiger partial charge in [-0.1, -0.05) is 18.2 Å². The third kappa shape index (κ3) is 3.85. The minimum atomic E-state index is -0.00270. The van der Waals surface area contributed by atoms with Gasteiger partial charge in [0, 0.05) is 18.3 Å². The number of aliphatic hydroxyl groups excluding tert-OH is 1. The highest BCUT2D eigenvalue weighted by Gasteiger charge is 2.18. The van der Waals surface area contributed by atoms with E-state index in [1.165, 1.54) is 0 Å². The molecule has 2 aromatic carbocycles. The quantitative estimate of drug-likeness (QED) is 0.707. The van der Waals surface area contributed by atoms with Crippen molar-refractivity contribution < 1.29 is 19.4 Å². The summed E-state index contributed by atoms with van der Waals surface area (Å²) in [5.41, 5.74) is 2.80. The number of rotatable bonds is 6. The van der Waals surface area contributed by atoms with Crippen LogP contribution in [0, 0.1) is 6.92 Å². The van der Waals surface area contributed by atoms with Crippen molar-refractivity contribution in [2.24, 2.45) is 0 Å². The fraction of sp³-hybridized carbons (Fsp3) is 0.333. The minimum absolute atomic E-state index is 0.00270. The smallest absolute Gasteiger partial charge is 0.248 e. The molecular formula is C21H23N3O4. The van der Waals surface area contributed by atoms with Crippen LogP contribution in [0.25, 0.3) is 16.5 Å². The summed E-state index contributed by atoms with van der Waals surface area (Å²) in [6.07, 6.45) is 0. The van der Waals surface area contributed by atoms with Crippen LogP contribution in [0.2, 0.25) is 0 Å². The molecule has 0 radical (unpaired) electrons. The lowest BCUT2D eigenvalue weighted by Gasteiger charge is -2.26. The summed E-state index contributed by atoms with van der Waals surface area (Å²) < 4.78 is 12.7. The molecule has 7 nitrogen and oxygen atoms in total. The van der Waals surface area contributed by atoms with E-state index in [-0.39, 0.29) is 19.1 Å². The van der Waals surface area contributed by atoms with Crippen molar-refractivity contribution in [1.29, 1.82) is 0 Å². The molecule has 0 atom stereocenters. The lowest BCUT2D eigenvalue weighted by molar-refractivity contribution is -0.143. The van der Waals surface area contributed by atoms with E-state index < -0.39 is 0 Å². The van der Waals surface area contributed by atoms with Crippen LogP contribution in [-0.4, -0.2) is 58.6 Å². The third-order valence-electron chi connectivity index (χ3n) is 4.88. The van der Waals surface area contributed by atoms with E-state index in [9.17, 15) is 9.90 Å². The van der Waals surface area contributed by atoms with Gasteiger partial charge in [-0.15, -0.1) is 5.10 Å². The Hall–Kier alpha value is -2.90. The SMILES string of the molecule is Cc1cc(OCCN2CCOCC2=O)nn1-c1ccc2cc(CO)ccc2c1. The highest BCUT2D eigenvalue weighted by molar-refractivity contribution is 5.85. The summed E-state index contributed by atoms with van der Waals surface area (Å²) >= 11 is 0. The number of amides is 1. The largest absolute Gasteiger partial charge is 0.475 e. The topological polar surface area (TPSA) is 76.8 Å². The Kier molecular flexibility index (Phi) is 5.27. The van der Waals surface area contributed by atoms with Crippen molar-refractivity contribution in [2.45, 2.75) is 13.5 Å². The van der Waals surface area contributed by atoms with E-state index in [0.717, 1.165) is 27.7 Å². The lowest BCUT2D eigenvalue weighted by atomic mass is 10.1. The Morgan fingerprint density at radius 2 is 2.00 bits per heavy atom. The molecule has 4 rings (SSSR count).